The van der Waals surface area contributed by atoms with Crippen molar-refractivity contribution in [3.05, 3.63) is 35.9 Å². The van der Waals surface area contributed by atoms with Gasteiger partial charge in [0.25, 0.3) is 0 Å². The van der Waals surface area contributed by atoms with Crippen LogP contribution >= 0.6 is 12.4 Å². The summed E-state index contributed by atoms with van der Waals surface area (Å²) in [6.07, 6.45) is 2.38. The minimum absolute atomic E-state index is 0. The Hall–Kier alpha value is -1.59. The maximum absolute atomic E-state index is 12.4. The van der Waals surface area contributed by atoms with Crippen molar-refractivity contribution in [2.75, 3.05) is 26.2 Å². The van der Waals surface area contributed by atoms with E-state index in [2.05, 4.69) is 17.4 Å². The van der Waals surface area contributed by atoms with Gasteiger partial charge in [-0.05, 0) is 30.9 Å². The topological polar surface area (TPSA) is 75.4 Å². The Balaban J connectivity index is 0.00000312. The summed E-state index contributed by atoms with van der Waals surface area (Å²) >= 11 is 0. The van der Waals surface area contributed by atoms with Crippen molar-refractivity contribution in [3.8, 4) is 0 Å². The molecule has 2 rings (SSSR count). The second-order valence-electron chi connectivity index (χ2n) is 6.52. The molecule has 0 radical (unpaired) electrons. The molecule has 0 spiro atoms. The van der Waals surface area contributed by atoms with Crippen molar-refractivity contribution in [2.24, 2.45) is 11.7 Å². The van der Waals surface area contributed by atoms with Crippen LogP contribution in [0, 0.1) is 5.92 Å². The van der Waals surface area contributed by atoms with Gasteiger partial charge in [0.05, 0.1) is 0 Å². The highest BCUT2D eigenvalue weighted by molar-refractivity contribution is 5.85. The Morgan fingerprint density at radius 2 is 1.92 bits per heavy atom. The highest BCUT2D eigenvalue weighted by Crippen LogP contribution is 2.32. The van der Waals surface area contributed by atoms with Crippen molar-refractivity contribution in [1.82, 2.24) is 10.2 Å². The largest absolute Gasteiger partial charge is 0.356 e. The van der Waals surface area contributed by atoms with Crippen LogP contribution in [0.2, 0.25) is 0 Å². The maximum Gasteiger partial charge on any atom is 0.222 e. The summed E-state index contributed by atoms with van der Waals surface area (Å²) in [7, 11) is 0. The van der Waals surface area contributed by atoms with Gasteiger partial charge >= 0.3 is 0 Å². The standard InChI is InChI=1S/C19H29N3O2.ClH/c1-2-11-21-18(23)9-6-10-19(24)22-13-16(12-20)17(14-22)15-7-4-3-5-8-15;/h3-5,7-8,16-17H,2,6,9-14,20H2,1H3,(H,21,23);1H/t16-,17+;/m1./s1. The first kappa shape index (κ1) is 21.5. The van der Waals surface area contributed by atoms with Crippen LogP contribution in [0.15, 0.2) is 30.3 Å². The molecule has 1 aromatic rings. The molecule has 2 atom stereocenters. The number of hydrogen-bond acceptors (Lipinski definition) is 3. The molecular formula is C19H30ClN3O2. The van der Waals surface area contributed by atoms with Gasteiger partial charge in [-0.3, -0.25) is 9.59 Å². The van der Waals surface area contributed by atoms with E-state index in [1.165, 1.54) is 5.56 Å². The minimum atomic E-state index is 0. The number of carbonyl (C=O) groups is 2. The predicted octanol–water partition coefficient (Wildman–Crippen LogP) is 2.31. The summed E-state index contributed by atoms with van der Waals surface area (Å²) < 4.78 is 0. The van der Waals surface area contributed by atoms with E-state index in [9.17, 15) is 9.59 Å². The van der Waals surface area contributed by atoms with Gasteiger partial charge in [0.2, 0.25) is 11.8 Å². The van der Waals surface area contributed by atoms with Crippen LogP contribution in [0.25, 0.3) is 0 Å². The average molecular weight is 368 g/mol. The van der Waals surface area contributed by atoms with Gasteiger partial charge in [0, 0.05) is 38.4 Å². The molecule has 2 amide bonds. The zero-order valence-electron chi connectivity index (χ0n) is 14.9. The van der Waals surface area contributed by atoms with Gasteiger partial charge in [-0.1, -0.05) is 37.3 Å². The molecule has 3 N–H and O–H groups in total. The van der Waals surface area contributed by atoms with E-state index < -0.39 is 0 Å². The summed E-state index contributed by atoms with van der Waals surface area (Å²) in [4.78, 5) is 25.9. The molecule has 1 saturated heterocycles. The molecule has 0 aromatic heterocycles. The van der Waals surface area contributed by atoms with Crippen molar-refractivity contribution in [2.45, 2.75) is 38.5 Å². The molecule has 25 heavy (non-hydrogen) atoms. The lowest BCUT2D eigenvalue weighted by molar-refractivity contribution is -0.130. The molecule has 0 saturated carbocycles. The third kappa shape index (κ3) is 6.33. The number of amides is 2. The zero-order chi connectivity index (χ0) is 17.4. The SMILES string of the molecule is CCCNC(=O)CCCC(=O)N1C[C@@H](CN)[C@H](c2ccccc2)C1.Cl. The van der Waals surface area contributed by atoms with Gasteiger partial charge in [0.1, 0.15) is 0 Å². The molecule has 5 nitrogen and oxygen atoms in total. The van der Waals surface area contributed by atoms with Crippen LogP contribution in [0.4, 0.5) is 0 Å². The van der Waals surface area contributed by atoms with Crippen molar-refractivity contribution >= 4 is 24.2 Å². The molecule has 140 valence electrons. The number of halogens is 1. The van der Waals surface area contributed by atoms with Crippen molar-refractivity contribution < 1.29 is 9.59 Å². The third-order valence-corrected chi connectivity index (χ3v) is 4.69. The first-order valence-corrected chi connectivity index (χ1v) is 8.95. The molecule has 6 heteroatoms. The van der Waals surface area contributed by atoms with Crippen LogP contribution in [0.5, 0.6) is 0 Å². The summed E-state index contributed by atoms with van der Waals surface area (Å²) in [6.45, 7) is 4.76. The first-order valence-electron chi connectivity index (χ1n) is 8.95. The molecule has 0 aliphatic carbocycles. The Bertz CT molecular complexity index is 539. The number of nitrogens with two attached hydrogens (primary N) is 1. The highest BCUT2D eigenvalue weighted by atomic mass is 35.5. The third-order valence-electron chi connectivity index (χ3n) is 4.69. The number of rotatable bonds is 8. The van der Waals surface area contributed by atoms with E-state index in [0.717, 1.165) is 19.5 Å². The second-order valence-corrected chi connectivity index (χ2v) is 6.52. The van der Waals surface area contributed by atoms with Crippen LogP contribution < -0.4 is 11.1 Å². The summed E-state index contributed by atoms with van der Waals surface area (Å²) in [5, 5.41) is 2.84. The van der Waals surface area contributed by atoms with Crippen LogP contribution in [0.3, 0.4) is 0 Å². The zero-order valence-corrected chi connectivity index (χ0v) is 15.8. The number of benzene rings is 1. The Morgan fingerprint density at radius 1 is 1.20 bits per heavy atom. The molecule has 1 fully saturated rings. The molecule has 1 aliphatic heterocycles. The normalized spacial score (nSPS) is 19.4. The smallest absolute Gasteiger partial charge is 0.222 e. The Morgan fingerprint density at radius 3 is 2.56 bits per heavy atom. The van der Waals surface area contributed by atoms with Gasteiger partial charge in [-0.2, -0.15) is 0 Å². The molecular weight excluding hydrogens is 338 g/mol. The van der Waals surface area contributed by atoms with E-state index in [0.29, 0.717) is 44.2 Å². The number of hydrogen-bond donors (Lipinski definition) is 2. The van der Waals surface area contributed by atoms with Gasteiger partial charge < -0.3 is 16.0 Å². The fourth-order valence-electron chi connectivity index (χ4n) is 3.30. The minimum Gasteiger partial charge on any atom is -0.356 e. The maximum atomic E-state index is 12.4. The van der Waals surface area contributed by atoms with E-state index in [4.69, 9.17) is 5.73 Å². The van der Waals surface area contributed by atoms with E-state index in [-0.39, 0.29) is 24.2 Å². The van der Waals surface area contributed by atoms with E-state index in [1.807, 2.05) is 30.0 Å². The first-order chi connectivity index (χ1) is 11.7. The Kier molecular flexibility index (Phi) is 9.53. The van der Waals surface area contributed by atoms with Crippen molar-refractivity contribution in [3.63, 3.8) is 0 Å². The lowest BCUT2D eigenvalue weighted by atomic mass is 9.89. The highest BCUT2D eigenvalue weighted by Gasteiger charge is 2.34. The predicted molar refractivity (Wildman–Crippen MR) is 103 cm³/mol. The van der Waals surface area contributed by atoms with Crippen molar-refractivity contribution in [1.29, 1.82) is 0 Å². The van der Waals surface area contributed by atoms with Crippen LogP contribution in [-0.4, -0.2) is 42.9 Å². The Labute approximate surface area is 156 Å². The number of nitrogens with zero attached hydrogens (tertiary/aromatic N) is 1. The molecule has 0 unspecified atom stereocenters. The van der Waals surface area contributed by atoms with E-state index >= 15 is 0 Å². The fraction of sp³-hybridized carbons (Fsp3) is 0.579. The second kappa shape index (κ2) is 11.1. The summed E-state index contributed by atoms with van der Waals surface area (Å²) in [5.74, 6) is 0.792. The van der Waals surface area contributed by atoms with Crippen LogP contribution in [-0.2, 0) is 9.59 Å². The van der Waals surface area contributed by atoms with Crippen LogP contribution in [0.1, 0.15) is 44.1 Å². The lowest BCUT2D eigenvalue weighted by Gasteiger charge is -2.17. The fourth-order valence-corrected chi connectivity index (χ4v) is 3.30. The number of carbonyl (C=O) groups excluding carboxylic acids is 2. The number of nitrogens with one attached hydrogen (secondary N) is 1. The van der Waals surface area contributed by atoms with Gasteiger partial charge in [-0.15, -0.1) is 12.4 Å². The molecule has 1 aliphatic rings. The quantitative estimate of drug-likeness (QED) is 0.740. The average Bonchev–Trinajstić information content (AvgIpc) is 3.05. The molecule has 1 heterocycles. The lowest BCUT2D eigenvalue weighted by Crippen LogP contribution is -2.30. The number of likely N-dealkylation sites (tertiary alicyclic amines) is 1. The molecule has 0 bridgehead atoms. The monoisotopic (exact) mass is 367 g/mol. The molecule has 1 aromatic carbocycles. The summed E-state index contributed by atoms with van der Waals surface area (Å²) in [5.41, 5.74) is 7.17. The summed E-state index contributed by atoms with van der Waals surface area (Å²) in [6, 6.07) is 10.3. The van der Waals surface area contributed by atoms with Gasteiger partial charge in [0.15, 0.2) is 0 Å². The van der Waals surface area contributed by atoms with Gasteiger partial charge in [-0.25, -0.2) is 0 Å². The van der Waals surface area contributed by atoms with E-state index in [1.54, 1.807) is 0 Å².